The minimum absolute atomic E-state index is 0.291. The van der Waals surface area contributed by atoms with Crippen molar-refractivity contribution in [3.63, 3.8) is 0 Å². The predicted molar refractivity (Wildman–Crippen MR) is 101 cm³/mol. The van der Waals surface area contributed by atoms with Gasteiger partial charge in [-0.2, -0.15) is 4.31 Å². The summed E-state index contributed by atoms with van der Waals surface area (Å²) in [6.45, 7) is 1.49. The molecule has 7 heteroatoms. The highest BCUT2D eigenvalue weighted by atomic mass is 32.2. The van der Waals surface area contributed by atoms with Gasteiger partial charge in [-0.1, -0.05) is 18.6 Å². The van der Waals surface area contributed by atoms with E-state index < -0.39 is 10.0 Å². The molecule has 3 rings (SSSR count). The number of ether oxygens (including phenoxy) is 2. The van der Waals surface area contributed by atoms with E-state index in [0.29, 0.717) is 35.9 Å². The summed E-state index contributed by atoms with van der Waals surface area (Å²) in [6.07, 6.45) is 2.91. The zero-order chi connectivity index (χ0) is 19.3. The van der Waals surface area contributed by atoms with Crippen LogP contribution in [-0.4, -0.2) is 38.9 Å². The second kappa shape index (κ2) is 8.54. The number of carbonyl (C=O) groups excluding carboxylic acids is 1. The minimum Gasteiger partial charge on any atom is -0.489 e. The Morgan fingerprint density at radius 1 is 0.963 bits per heavy atom. The van der Waals surface area contributed by atoms with E-state index in [4.69, 9.17) is 4.74 Å². The number of carbonyl (C=O) groups is 1. The molecule has 6 nitrogen and oxygen atoms in total. The van der Waals surface area contributed by atoms with Gasteiger partial charge in [0, 0.05) is 13.1 Å². The van der Waals surface area contributed by atoms with E-state index in [0.717, 1.165) is 24.8 Å². The number of hydrogen-bond donors (Lipinski definition) is 0. The van der Waals surface area contributed by atoms with Crippen LogP contribution in [0, 0.1) is 0 Å². The van der Waals surface area contributed by atoms with Crippen molar-refractivity contribution in [2.24, 2.45) is 0 Å². The van der Waals surface area contributed by atoms with Crippen LogP contribution in [0.25, 0.3) is 0 Å². The zero-order valence-electron chi connectivity index (χ0n) is 15.3. The minimum atomic E-state index is -3.43. The first-order valence-electron chi connectivity index (χ1n) is 8.91. The molecular formula is C20H23NO5S. The average molecular weight is 389 g/mol. The van der Waals surface area contributed by atoms with Gasteiger partial charge in [-0.25, -0.2) is 13.2 Å². The number of hydrogen-bond acceptors (Lipinski definition) is 5. The predicted octanol–water partition coefficient (Wildman–Crippen LogP) is 3.23. The van der Waals surface area contributed by atoms with Crippen molar-refractivity contribution < 1.29 is 22.7 Å². The summed E-state index contributed by atoms with van der Waals surface area (Å²) in [7, 11) is -2.09. The third-order valence-corrected chi connectivity index (χ3v) is 6.47. The van der Waals surface area contributed by atoms with Crippen molar-refractivity contribution in [2.45, 2.75) is 30.8 Å². The van der Waals surface area contributed by atoms with Crippen LogP contribution in [0.1, 0.15) is 35.2 Å². The summed E-state index contributed by atoms with van der Waals surface area (Å²) >= 11 is 0. The first kappa shape index (κ1) is 19.4. The number of rotatable bonds is 6. The van der Waals surface area contributed by atoms with Crippen molar-refractivity contribution in [3.8, 4) is 5.75 Å². The molecule has 1 aliphatic heterocycles. The van der Waals surface area contributed by atoms with Crippen molar-refractivity contribution >= 4 is 16.0 Å². The molecule has 0 spiro atoms. The third kappa shape index (κ3) is 4.67. The van der Waals surface area contributed by atoms with Crippen molar-refractivity contribution in [1.29, 1.82) is 0 Å². The molecule has 1 saturated heterocycles. The first-order chi connectivity index (χ1) is 13.0. The summed E-state index contributed by atoms with van der Waals surface area (Å²) < 4.78 is 37.2. The van der Waals surface area contributed by atoms with Crippen LogP contribution >= 0.6 is 0 Å². The molecule has 2 aromatic carbocycles. The SMILES string of the molecule is COC(=O)c1ccc(COc2ccc(S(=O)(=O)N3CCCCC3)cc2)cc1. The van der Waals surface area contributed by atoms with Crippen LogP contribution < -0.4 is 4.74 Å². The Hall–Kier alpha value is -2.38. The van der Waals surface area contributed by atoms with Crippen LogP contribution in [0.15, 0.2) is 53.4 Å². The standard InChI is InChI=1S/C20H23NO5S/c1-25-20(22)17-7-5-16(6-8-17)15-26-18-9-11-19(12-10-18)27(23,24)21-13-3-2-4-14-21/h5-12H,2-4,13-15H2,1H3. The monoisotopic (exact) mass is 389 g/mol. The fourth-order valence-electron chi connectivity index (χ4n) is 2.98. The lowest BCUT2D eigenvalue weighted by Gasteiger charge is -2.25. The highest BCUT2D eigenvalue weighted by Crippen LogP contribution is 2.23. The molecule has 0 atom stereocenters. The van der Waals surface area contributed by atoms with Crippen LogP contribution in [0.2, 0.25) is 0 Å². The molecular weight excluding hydrogens is 366 g/mol. The van der Waals surface area contributed by atoms with Gasteiger partial charge in [0.05, 0.1) is 17.6 Å². The second-order valence-corrected chi connectivity index (χ2v) is 8.35. The Bertz CT molecular complexity index is 870. The molecule has 2 aromatic rings. The summed E-state index contributed by atoms with van der Waals surface area (Å²) in [5.74, 6) is 0.206. The van der Waals surface area contributed by atoms with Gasteiger partial charge in [-0.05, 0) is 54.8 Å². The smallest absolute Gasteiger partial charge is 0.337 e. The third-order valence-electron chi connectivity index (χ3n) is 4.56. The quantitative estimate of drug-likeness (QED) is 0.709. The average Bonchev–Trinajstić information content (AvgIpc) is 2.73. The molecule has 0 radical (unpaired) electrons. The van der Waals surface area contributed by atoms with Gasteiger partial charge < -0.3 is 9.47 Å². The zero-order valence-corrected chi connectivity index (χ0v) is 16.1. The Kier molecular flexibility index (Phi) is 6.13. The Labute approximate surface area is 159 Å². The molecule has 27 heavy (non-hydrogen) atoms. The summed E-state index contributed by atoms with van der Waals surface area (Å²) in [5.41, 5.74) is 1.38. The maximum Gasteiger partial charge on any atom is 0.337 e. The number of methoxy groups -OCH3 is 1. The molecule has 0 N–H and O–H groups in total. The lowest BCUT2D eigenvalue weighted by molar-refractivity contribution is 0.0600. The fourth-order valence-corrected chi connectivity index (χ4v) is 4.50. The van der Waals surface area contributed by atoms with E-state index in [2.05, 4.69) is 4.74 Å². The van der Waals surface area contributed by atoms with Crippen molar-refractivity contribution in [1.82, 2.24) is 4.31 Å². The molecule has 1 fully saturated rings. The number of sulfonamides is 1. The van der Waals surface area contributed by atoms with Crippen molar-refractivity contribution in [2.75, 3.05) is 20.2 Å². The van der Waals surface area contributed by atoms with Gasteiger partial charge in [0.2, 0.25) is 10.0 Å². The number of benzene rings is 2. The lowest BCUT2D eigenvalue weighted by Crippen LogP contribution is -2.35. The number of nitrogens with zero attached hydrogens (tertiary/aromatic N) is 1. The number of esters is 1. The molecule has 0 aliphatic carbocycles. The van der Waals surface area contributed by atoms with E-state index in [9.17, 15) is 13.2 Å². The van der Waals surface area contributed by atoms with Crippen LogP contribution in [0.5, 0.6) is 5.75 Å². The van der Waals surface area contributed by atoms with E-state index >= 15 is 0 Å². The van der Waals surface area contributed by atoms with Gasteiger partial charge in [0.25, 0.3) is 0 Å². The Morgan fingerprint density at radius 2 is 1.59 bits per heavy atom. The highest BCUT2D eigenvalue weighted by molar-refractivity contribution is 7.89. The molecule has 0 unspecified atom stereocenters. The van der Waals surface area contributed by atoms with Gasteiger partial charge in [-0.15, -0.1) is 0 Å². The van der Waals surface area contributed by atoms with Crippen LogP contribution in [0.4, 0.5) is 0 Å². The van der Waals surface area contributed by atoms with Crippen LogP contribution in [-0.2, 0) is 21.4 Å². The van der Waals surface area contributed by atoms with Gasteiger partial charge >= 0.3 is 5.97 Å². The topological polar surface area (TPSA) is 72.9 Å². The van der Waals surface area contributed by atoms with Gasteiger partial charge in [0.1, 0.15) is 12.4 Å². The largest absolute Gasteiger partial charge is 0.489 e. The van der Waals surface area contributed by atoms with Crippen molar-refractivity contribution in [3.05, 3.63) is 59.7 Å². The molecule has 0 bridgehead atoms. The first-order valence-corrected chi connectivity index (χ1v) is 10.3. The number of piperidine rings is 1. The fraction of sp³-hybridized carbons (Fsp3) is 0.350. The van der Waals surface area contributed by atoms with E-state index in [1.54, 1.807) is 52.8 Å². The van der Waals surface area contributed by atoms with E-state index in [-0.39, 0.29) is 5.97 Å². The molecule has 1 aliphatic rings. The Balaban J connectivity index is 1.61. The second-order valence-electron chi connectivity index (χ2n) is 6.41. The van der Waals surface area contributed by atoms with Crippen LogP contribution in [0.3, 0.4) is 0 Å². The summed E-state index contributed by atoms with van der Waals surface area (Å²) in [5, 5.41) is 0. The Morgan fingerprint density at radius 3 is 2.19 bits per heavy atom. The highest BCUT2D eigenvalue weighted by Gasteiger charge is 2.25. The molecule has 0 aromatic heterocycles. The molecule has 0 amide bonds. The maximum absolute atomic E-state index is 12.6. The molecule has 1 heterocycles. The maximum atomic E-state index is 12.6. The van der Waals surface area contributed by atoms with Gasteiger partial charge in [0.15, 0.2) is 0 Å². The van der Waals surface area contributed by atoms with E-state index in [1.807, 2.05) is 0 Å². The molecule has 0 saturated carbocycles. The summed E-state index contributed by atoms with van der Waals surface area (Å²) in [4.78, 5) is 11.7. The van der Waals surface area contributed by atoms with Gasteiger partial charge in [-0.3, -0.25) is 0 Å². The summed E-state index contributed by atoms with van der Waals surface area (Å²) in [6, 6.07) is 13.4. The molecule has 144 valence electrons. The van der Waals surface area contributed by atoms with E-state index in [1.165, 1.54) is 7.11 Å². The normalized spacial score (nSPS) is 15.3. The lowest BCUT2D eigenvalue weighted by atomic mass is 10.1.